The smallest absolute Gasteiger partial charge is 0.277 e. The molecule has 0 spiro atoms. The molecule has 3 aromatic rings. The summed E-state index contributed by atoms with van der Waals surface area (Å²) in [5.74, 6) is 0.0575. The highest BCUT2D eigenvalue weighted by molar-refractivity contribution is 5.77. The molecule has 2 heterocycles. The molecule has 4 rings (SSSR count). The predicted octanol–water partition coefficient (Wildman–Crippen LogP) is 1.83. The molecule has 0 aliphatic carbocycles. The van der Waals surface area contributed by atoms with E-state index in [0.29, 0.717) is 24.0 Å². The molecule has 1 aromatic heterocycles. The number of carbonyl (C=O) groups excluding carboxylic acids is 1. The molecule has 7 nitrogen and oxygen atoms in total. The topological polar surface area (TPSA) is 71.3 Å². The van der Waals surface area contributed by atoms with Gasteiger partial charge in [-0.3, -0.25) is 14.5 Å². The summed E-state index contributed by atoms with van der Waals surface area (Å²) in [6.45, 7) is 6.40. The van der Waals surface area contributed by atoms with Crippen molar-refractivity contribution in [3.8, 4) is 0 Å². The summed E-state index contributed by atoms with van der Waals surface area (Å²) in [5.41, 5.74) is 2.94. The zero-order valence-corrected chi connectivity index (χ0v) is 16.6. The molecule has 0 saturated carbocycles. The van der Waals surface area contributed by atoms with E-state index in [9.17, 15) is 9.59 Å². The van der Waals surface area contributed by atoms with E-state index >= 15 is 0 Å². The number of carbonyl (C=O) groups is 1. The van der Waals surface area contributed by atoms with Gasteiger partial charge in [-0.2, -0.15) is 0 Å². The van der Waals surface area contributed by atoms with Gasteiger partial charge in [-0.25, -0.2) is 4.68 Å². The van der Waals surface area contributed by atoms with Crippen LogP contribution in [-0.4, -0.2) is 56.9 Å². The lowest BCUT2D eigenvalue weighted by Gasteiger charge is -2.34. The molecule has 2 aromatic carbocycles. The molecule has 0 N–H and O–H groups in total. The highest BCUT2D eigenvalue weighted by Gasteiger charge is 2.21. The van der Waals surface area contributed by atoms with Crippen LogP contribution in [0.2, 0.25) is 0 Å². The van der Waals surface area contributed by atoms with Crippen molar-refractivity contribution in [2.45, 2.75) is 26.4 Å². The van der Waals surface area contributed by atoms with Crippen LogP contribution in [0, 0.1) is 6.92 Å². The van der Waals surface area contributed by atoms with Crippen molar-refractivity contribution < 1.29 is 4.79 Å². The van der Waals surface area contributed by atoms with Gasteiger partial charge >= 0.3 is 0 Å². The molecule has 0 unspecified atom stereocenters. The normalized spacial score (nSPS) is 15.0. The lowest BCUT2D eigenvalue weighted by atomic mass is 10.1. The first kappa shape index (κ1) is 19.3. The second kappa shape index (κ2) is 8.53. The fraction of sp³-hybridized carbons (Fsp3) is 0.364. The van der Waals surface area contributed by atoms with Gasteiger partial charge < -0.3 is 4.90 Å². The lowest BCUT2D eigenvalue weighted by molar-refractivity contribution is -0.133. The van der Waals surface area contributed by atoms with Crippen LogP contribution in [0.15, 0.2) is 53.3 Å². The minimum Gasteiger partial charge on any atom is -0.340 e. The minimum absolute atomic E-state index is 0.0575. The number of hydrogen-bond donors (Lipinski definition) is 0. The van der Waals surface area contributed by atoms with Crippen LogP contribution >= 0.6 is 0 Å². The Hall–Kier alpha value is -3.06. The largest absolute Gasteiger partial charge is 0.340 e. The van der Waals surface area contributed by atoms with Gasteiger partial charge in [0.1, 0.15) is 5.52 Å². The molecule has 0 atom stereocenters. The van der Waals surface area contributed by atoms with Crippen LogP contribution in [-0.2, 0) is 17.9 Å². The molecule has 150 valence electrons. The molecule has 1 fully saturated rings. The van der Waals surface area contributed by atoms with E-state index in [1.165, 1.54) is 15.8 Å². The summed E-state index contributed by atoms with van der Waals surface area (Å²) in [5, 5.41) is 8.56. The van der Waals surface area contributed by atoms with Gasteiger partial charge in [0.2, 0.25) is 5.91 Å². The van der Waals surface area contributed by atoms with E-state index in [2.05, 4.69) is 46.4 Å². The number of amides is 1. The van der Waals surface area contributed by atoms with Gasteiger partial charge in [0, 0.05) is 39.1 Å². The quantitative estimate of drug-likeness (QED) is 0.664. The number of rotatable bonds is 5. The Morgan fingerprint density at radius 2 is 1.83 bits per heavy atom. The molecule has 1 amide bonds. The number of benzene rings is 2. The van der Waals surface area contributed by atoms with Gasteiger partial charge in [-0.1, -0.05) is 47.2 Å². The summed E-state index contributed by atoms with van der Waals surface area (Å²) in [6.07, 6.45) is 0.255. The van der Waals surface area contributed by atoms with Crippen molar-refractivity contribution in [1.82, 2.24) is 24.8 Å². The van der Waals surface area contributed by atoms with Crippen molar-refractivity contribution in [2.24, 2.45) is 0 Å². The molecule has 1 aliphatic heterocycles. The van der Waals surface area contributed by atoms with Crippen LogP contribution in [0.4, 0.5) is 0 Å². The zero-order valence-electron chi connectivity index (χ0n) is 16.6. The number of fused-ring (bicyclic) bond motifs is 1. The van der Waals surface area contributed by atoms with Crippen LogP contribution in [0.5, 0.6) is 0 Å². The summed E-state index contributed by atoms with van der Waals surface area (Å²) in [7, 11) is 0. The molecular formula is C22H25N5O2. The molecule has 7 heteroatoms. The average molecular weight is 391 g/mol. The van der Waals surface area contributed by atoms with Gasteiger partial charge in [0.15, 0.2) is 0 Å². The Balaban J connectivity index is 1.30. The second-order valence-electron chi connectivity index (χ2n) is 7.53. The molecule has 1 saturated heterocycles. The summed E-state index contributed by atoms with van der Waals surface area (Å²) >= 11 is 0. The minimum atomic E-state index is -0.202. The Kier molecular flexibility index (Phi) is 5.67. The lowest BCUT2D eigenvalue weighted by Crippen LogP contribution is -2.48. The van der Waals surface area contributed by atoms with Crippen LogP contribution in [0.25, 0.3) is 10.9 Å². The third-order valence-electron chi connectivity index (χ3n) is 5.38. The fourth-order valence-corrected chi connectivity index (χ4v) is 3.75. The van der Waals surface area contributed by atoms with E-state index in [1.54, 1.807) is 18.2 Å². The number of aromatic nitrogens is 3. The van der Waals surface area contributed by atoms with Gasteiger partial charge in [0.05, 0.1) is 11.9 Å². The highest BCUT2D eigenvalue weighted by Crippen LogP contribution is 2.11. The molecular weight excluding hydrogens is 366 g/mol. The summed E-state index contributed by atoms with van der Waals surface area (Å²) in [4.78, 5) is 29.3. The number of nitrogens with zero attached hydrogens (tertiary/aromatic N) is 5. The van der Waals surface area contributed by atoms with Crippen molar-refractivity contribution in [2.75, 3.05) is 26.2 Å². The van der Waals surface area contributed by atoms with E-state index < -0.39 is 0 Å². The molecule has 1 aliphatic rings. The van der Waals surface area contributed by atoms with Gasteiger partial charge in [-0.05, 0) is 24.6 Å². The second-order valence-corrected chi connectivity index (χ2v) is 7.53. The average Bonchev–Trinajstić information content (AvgIpc) is 2.74. The molecule has 0 bridgehead atoms. The van der Waals surface area contributed by atoms with Crippen molar-refractivity contribution in [3.63, 3.8) is 0 Å². The number of piperazine rings is 1. The first-order valence-corrected chi connectivity index (χ1v) is 9.98. The Morgan fingerprint density at radius 3 is 2.62 bits per heavy atom. The van der Waals surface area contributed by atoms with E-state index in [0.717, 1.165) is 19.6 Å². The fourth-order valence-electron chi connectivity index (χ4n) is 3.75. The Bertz CT molecular complexity index is 1070. The Labute approximate surface area is 169 Å². The van der Waals surface area contributed by atoms with E-state index in [-0.39, 0.29) is 24.4 Å². The van der Waals surface area contributed by atoms with Crippen molar-refractivity contribution >= 4 is 16.8 Å². The van der Waals surface area contributed by atoms with Crippen molar-refractivity contribution in [3.05, 3.63) is 70.0 Å². The summed E-state index contributed by atoms with van der Waals surface area (Å²) < 4.78 is 1.29. The van der Waals surface area contributed by atoms with Gasteiger partial charge in [-0.15, -0.1) is 5.10 Å². The molecule has 29 heavy (non-hydrogen) atoms. The van der Waals surface area contributed by atoms with Crippen LogP contribution < -0.4 is 5.56 Å². The van der Waals surface area contributed by atoms with Crippen LogP contribution in [0.1, 0.15) is 17.5 Å². The maximum Gasteiger partial charge on any atom is 0.277 e. The number of hydrogen-bond acceptors (Lipinski definition) is 5. The first-order chi connectivity index (χ1) is 14.1. The highest BCUT2D eigenvalue weighted by atomic mass is 16.2. The monoisotopic (exact) mass is 391 g/mol. The standard InChI is InChI=1S/C22H25N5O2/c1-17-5-4-6-18(15-17)16-25-11-13-26(14-12-25)21(28)9-10-27-22(29)19-7-2-3-8-20(19)23-24-27/h2-8,15H,9-14,16H2,1H3. The maximum atomic E-state index is 12.6. The first-order valence-electron chi connectivity index (χ1n) is 9.98. The maximum absolute atomic E-state index is 12.6. The SMILES string of the molecule is Cc1cccc(CN2CCN(C(=O)CCn3nnc4ccccc4c3=O)CC2)c1. The zero-order chi connectivity index (χ0) is 20.2. The van der Waals surface area contributed by atoms with Crippen molar-refractivity contribution in [1.29, 1.82) is 0 Å². The Morgan fingerprint density at radius 1 is 1.03 bits per heavy atom. The van der Waals surface area contributed by atoms with Crippen LogP contribution in [0.3, 0.4) is 0 Å². The predicted molar refractivity (Wildman–Crippen MR) is 111 cm³/mol. The number of aryl methyl sites for hydroxylation is 2. The summed E-state index contributed by atoms with van der Waals surface area (Å²) in [6, 6.07) is 15.7. The van der Waals surface area contributed by atoms with Gasteiger partial charge in [0.25, 0.3) is 5.56 Å². The third-order valence-corrected chi connectivity index (χ3v) is 5.38. The van der Waals surface area contributed by atoms with E-state index in [4.69, 9.17) is 0 Å². The third kappa shape index (κ3) is 4.51. The van der Waals surface area contributed by atoms with E-state index in [1.807, 2.05) is 11.0 Å². The molecule has 0 radical (unpaired) electrons.